The molecule has 1 aliphatic rings. The zero-order valence-electron chi connectivity index (χ0n) is 10.2. The highest BCUT2D eigenvalue weighted by Crippen LogP contribution is 2.27. The van der Waals surface area contributed by atoms with Gasteiger partial charge in [-0.05, 0) is 37.5 Å². The Morgan fingerprint density at radius 3 is 2.83 bits per heavy atom. The second-order valence-corrected chi connectivity index (χ2v) is 4.61. The van der Waals surface area contributed by atoms with Crippen molar-refractivity contribution in [3.8, 4) is 0 Å². The van der Waals surface area contributed by atoms with Gasteiger partial charge >= 0.3 is 0 Å². The third kappa shape index (κ3) is 2.46. The van der Waals surface area contributed by atoms with E-state index in [2.05, 4.69) is 0 Å². The van der Waals surface area contributed by atoms with Gasteiger partial charge in [-0.25, -0.2) is 4.39 Å². The van der Waals surface area contributed by atoms with Crippen LogP contribution in [-0.4, -0.2) is 25.0 Å². The molecule has 0 aromatic heterocycles. The smallest absolute Gasteiger partial charge is 0.248 e. The van der Waals surface area contributed by atoms with Gasteiger partial charge in [0.1, 0.15) is 5.82 Å². The Hall–Kier alpha value is -1.62. The van der Waals surface area contributed by atoms with Gasteiger partial charge in [-0.2, -0.15) is 0 Å². The highest BCUT2D eigenvalue weighted by atomic mass is 19.1. The fourth-order valence-electron chi connectivity index (χ4n) is 2.46. The maximum absolute atomic E-state index is 14.0. The molecule has 2 rings (SSSR count). The Labute approximate surface area is 106 Å². The van der Waals surface area contributed by atoms with Crippen molar-refractivity contribution < 1.29 is 9.18 Å². The molecule has 1 aromatic rings. The van der Waals surface area contributed by atoms with Crippen molar-refractivity contribution in [2.24, 2.45) is 11.5 Å². The lowest BCUT2D eigenvalue weighted by molar-refractivity contribution is 0.1000. The quantitative estimate of drug-likeness (QED) is 0.849. The van der Waals surface area contributed by atoms with Crippen LogP contribution in [0.25, 0.3) is 0 Å². The molecule has 0 aliphatic carbocycles. The predicted octanol–water partition coefficient (Wildman–Crippen LogP) is 1.24. The SMILES string of the molecule is NCC1CCCCN1c1ccc(C(N)=O)cc1F. The van der Waals surface area contributed by atoms with E-state index in [4.69, 9.17) is 11.5 Å². The van der Waals surface area contributed by atoms with Crippen LogP contribution in [0.5, 0.6) is 0 Å². The monoisotopic (exact) mass is 251 g/mol. The third-order valence-electron chi connectivity index (χ3n) is 3.44. The summed E-state index contributed by atoms with van der Waals surface area (Å²) in [5.41, 5.74) is 11.5. The van der Waals surface area contributed by atoms with Crippen molar-refractivity contribution in [1.82, 2.24) is 0 Å². The first-order valence-electron chi connectivity index (χ1n) is 6.19. The van der Waals surface area contributed by atoms with Gasteiger partial charge in [0.15, 0.2) is 0 Å². The molecule has 0 radical (unpaired) electrons. The van der Waals surface area contributed by atoms with Gasteiger partial charge in [0.05, 0.1) is 5.69 Å². The predicted molar refractivity (Wildman–Crippen MR) is 69.0 cm³/mol. The number of hydrogen-bond donors (Lipinski definition) is 2. The van der Waals surface area contributed by atoms with Crippen LogP contribution in [0.15, 0.2) is 18.2 Å². The summed E-state index contributed by atoms with van der Waals surface area (Å²) in [5, 5.41) is 0. The maximum atomic E-state index is 14.0. The van der Waals surface area contributed by atoms with Crippen LogP contribution in [0.1, 0.15) is 29.6 Å². The minimum atomic E-state index is -0.616. The Morgan fingerprint density at radius 2 is 2.22 bits per heavy atom. The Balaban J connectivity index is 2.29. The summed E-state index contributed by atoms with van der Waals surface area (Å²) in [6, 6.07) is 4.54. The average Bonchev–Trinajstić information content (AvgIpc) is 2.38. The summed E-state index contributed by atoms with van der Waals surface area (Å²) >= 11 is 0. The number of hydrogen-bond acceptors (Lipinski definition) is 3. The van der Waals surface area contributed by atoms with Crippen molar-refractivity contribution >= 4 is 11.6 Å². The lowest BCUT2D eigenvalue weighted by Gasteiger charge is -2.37. The van der Waals surface area contributed by atoms with Crippen molar-refractivity contribution in [3.05, 3.63) is 29.6 Å². The molecule has 1 unspecified atom stereocenters. The molecule has 0 bridgehead atoms. The lowest BCUT2D eigenvalue weighted by atomic mass is 10.0. The van der Waals surface area contributed by atoms with Crippen LogP contribution in [0, 0.1) is 5.82 Å². The molecular weight excluding hydrogens is 233 g/mol. The summed E-state index contributed by atoms with van der Waals surface area (Å²) in [6.45, 7) is 1.31. The van der Waals surface area contributed by atoms with Crippen molar-refractivity contribution in [1.29, 1.82) is 0 Å². The van der Waals surface area contributed by atoms with Crippen LogP contribution >= 0.6 is 0 Å². The van der Waals surface area contributed by atoms with E-state index in [0.717, 1.165) is 25.8 Å². The second-order valence-electron chi connectivity index (χ2n) is 4.61. The van der Waals surface area contributed by atoms with Gasteiger partial charge in [-0.15, -0.1) is 0 Å². The highest BCUT2D eigenvalue weighted by molar-refractivity contribution is 5.93. The summed E-state index contributed by atoms with van der Waals surface area (Å²) < 4.78 is 14.0. The fourth-order valence-corrected chi connectivity index (χ4v) is 2.46. The van der Waals surface area contributed by atoms with E-state index in [1.165, 1.54) is 6.07 Å². The molecule has 0 spiro atoms. The van der Waals surface area contributed by atoms with Crippen LogP contribution in [0.3, 0.4) is 0 Å². The molecule has 1 heterocycles. The number of amides is 1. The fraction of sp³-hybridized carbons (Fsp3) is 0.462. The Kier molecular flexibility index (Phi) is 3.81. The molecule has 1 saturated heterocycles. The van der Waals surface area contributed by atoms with Gasteiger partial charge in [0, 0.05) is 24.7 Å². The van der Waals surface area contributed by atoms with Gasteiger partial charge in [-0.3, -0.25) is 4.79 Å². The van der Waals surface area contributed by atoms with Gasteiger partial charge < -0.3 is 16.4 Å². The van der Waals surface area contributed by atoms with Crippen LogP contribution < -0.4 is 16.4 Å². The molecule has 5 heteroatoms. The molecule has 1 amide bonds. The number of anilines is 1. The summed E-state index contributed by atoms with van der Waals surface area (Å²) in [5.74, 6) is -1.03. The number of nitrogens with zero attached hydrogens (tertiary/aromatic N) is 1. The molecule has 1 fully saturated rings. The number of benzene rings is 1. The van der Waals surface area contributed by atoms with Gasteiger partial charge in [0.2, 0.25) is 5.91 Å². The van der Waals surface area contributed by atoms with Crippen LogP contribution in [0.2, 0.25) is 0 Å². The van der Waals surface area contributed by atoms with Crippen molar-refractivity contribution in [3.63, 3.8) is 0 Å². The highest BCUT2D eigenvalue weighted by Gasteiger charge is 2.23. The third-order valence-corrected chi connectivity index (χ3v) is 3.44. The van der Waals surface area contributed by atoms with E-state index in [-0.39, 0.29) is 11.6 Å². The van der Waals surface area contributed by atoms with Gasteiger partial charge in [0.25, 0.3) is 0 Å². The topological polar surface area (TPSA) is 72.3 Å². The number of halogens is 1. The second kappa shape index (κ2) is 5.35. The van der Waals surface area contributed by atoms with Crippen LogP contribution in [0.4, 0.5) is 10.1 Å². The number of rotatable bonds is 3. The Bertz CT molecular complexity index is 450. The summed E-state index contributed by atoms with van der Waals surface area (Å²) in [6.07, 6.45) is 3.14. The standard InChI is InChI=1S/C13H18FN3O/c14-11-7-9(13(16)18)4-5-12(11)17-6-2-1-3-10(17)8-15/h4-5,7,10H,1-3,6,8,15H2,(H2,16,18). The first kappa shape index (κ1) is 12.8. The number of piperidine rings is 1. The zero-order chi connectivity index (χ0) is 13.1. The summed E-state index contributed by atoms with van der Waals surface area (Å²) in [4.78, 5) is 13.0. The minimum absolute atomic E-state index is 0.174. The minimum Gasteiger partial charge on any atom is -0.366 e. The molecule has 1 atom stereocenters. The van der Waals surface area contributed by atoms with E-state index in [1.54, 1.807) is 12.1 Å². The van der Waals surface area contributed by atoms with Gasteiger partial charge in [-0.1, -0.05) is 0 Å². The maximum Gasteiger partial charge on any atom is 0.248 e. The molecule has 4 N–H and O–H groups in total. The number of nitrogens with two attached hydrogens (primary N) is 2. The normalized spacial score (nSPS) is 19.9. The first-order valence-corrected chi connectivity index (χ1v) is 6.19. The molecule has 18 heavy (non-hydrogen) atoms. The van der Waals surface area contributed by atoms with E-state index < -0.39 is 11.7 Å². The number of primary amides is 1. The molecule has 1 aliphatic heterocycles. The van der Waals surface area contributed by atoms with Crippen molar-refractivity contribution in [2.75, 3.05) is 18.0 Å². The average molecular weight is 251 g/mol. The number of carbonyl (C=O) groups excluding carboxylic acids is 1. The van der Waals surface area contributed by atoms with E-state index in [1.807, 2.05) is 4.90 Å². The molecule has 4 nitrogen and oxygen atoms in total. The van der Waals surface area contributed by atoms with E-state index >= 15 is 0 Å². The first-order chi connectivity index (χ1) is 8.63. The number of carbonyl (C=O) groups is 1. The van der Waals surface area contributed by atoms with E-state index in [0.29, 0.717) is 12.2 Å². The molecule has 98 valence electrons. The molecular formula is C13H18FN3O. The molecule has 0 saturated carbocycles. The molecule has 1 aromatic carbocycles. The van der Waals surface area contributed by atoms with Crippen LogP contribution in [-0.2, 0) is 0 Å². The van der Waals surface area contributed by atoms with Crippen molar-refractivity contribution in [2.45, 2.75) is 25.3 Å². The Morgan fingerprint density at radius 1 is 1.44 bits per heavy atom. The summed E-state index contributed by atoms with van der Waals surface area (Å²) in [7, 11) is 0. The van der Waals surface area contributed by atoms with E-state index in [9.17, 15) is 9.18 Å². The largest absolute Gasteiger partial charge is 0.366 e. The zero-order valence-corrected chi connectivity index (χ0v) is 10.2. The lowest BCUT2D eigenvalue weighted by Crippen LogP contribution is -2.44.